The smallest absolute Gasteiger partial charge is 0.152 e. The van der Waals surface area contributed by atoms with Gasteiger partial charge in [0.15, 0.2) is 4.93 Å². The molecule has 0 atom stereocenters. The molecule has 0 aromatic carbocycles. The molecule has 0 aliphatic rings. The van der Waals surface area contributed by atoms with Crippen LogP contribution in [0.1, 0.15) is 53.4 Å². The van der Waals surface area contributed by atoms with Crippen LogP contribution in [0.5, 0.6) is 0 Å². The summed E-state index contributed by atoms with van der Waals surface area (Å²) in [6.07, 6.45) is 3.45. The lowest BCUT2D eigenvalue weighted by Gasteiger charge is -2.32. The molecular formula is C10H22O2S3. The van der Waals surface area contributed by atoms with Crippen molar-refractivity contribution in [1.29, 1.82) is 0 Å². The summed E-state index contributed by atoms with van der Waals surface area (Å²) in [5.41, 5.74) is 0. The van der Waals surface area contributed by atoms with Crippen molar-refractivity contribution in [3.05, 3.63) is 0 Å². The van der Waals surface area contributed by atoms with Crippen LogP contribution in [0.4, 0.5) is 0 Å². The summed E-state index contributed by atoms with van der Waals surface area (Å²) in [7, 11) is 0. The van der Waals surface area contributed by atoms with Crippen molar-refractivity contribution in [2.45, 2.75) is 63.2 Å². The Hall–Kier alpha value is 0.970. The third-order valence-corrected chi connectivity index (χ3v) is 5.38. The summed E-state index contributed by atoms with van der Waals surface area (Å²) in [5, 5.41) is 0. The van der Waals surface area contributed by atoms with E-state index in [1.807, 2.05) is 0 Å². The lowest BCUT2D eigenvalue weighted by atomic mass is 10.2. The SMILES string of the molecule is CCC(S)(CC)OSC(CC)(CC)OS. The molecule has 0 unspecified atom stereocenters. The Labute approximate surface area is 109 Å². The van der Waals surface area contributed by atoms with Gasteiger partial charge >= 0.3 is 0 Å². The zero-order chi connectivity index (χ0) is 11.9. The van der Waals surface area contributed by atoms with E-state index in [1.54, 1.807) is 0 Å². The van der Waals surface area contributed by atoms with Gasteiger partial charge in [0, 0.05) is 12.0 Å². The molecule has 0 aliphatic heterocycles. The molecule has 0 rings (SSSR count). The molecule has 0 saturated heterocycles. The Morgan fingerprint density at radius 2 is 1.47 bits per heavy atom. The number of rotatable bonds is 8. The predicted octanol–water partition coefficient (Wildman–Crippen LogP) is 4.48. The van der Waals surface area contributed by atoms with Gasteiger partial charge in [0.1, 0.15) is 4.93 Å². The summed E-state index contributed by atoms with van der Waals surface area (Å²) in [5.74, 6) is 0. The van der Waals surface area contributed by atoms with Crippen LogP contribution in [0, 0.1) is 0 Å². The van der Waals surface area contributed by atoms with Gasteiger partial charge in [-0.05, 0) is 38.6 Å². The second kappa shape index (κ2) is 7.33. The molecule has 0 spiro atoms. The minimum Gasteiger partial charge on any atom is -0.299 e. The highest BCUT2D eigenvalue weighted by Crippen LogP contribution is 2.41. The molecule has 0 bridgehead atoms. The molecular weight excluding hydrogens is 248 g/mol. The van der Waals surface area contributed by atoms with Crippen molar-refractivity contribution in [2.75, 3.05) is 0 Å². The maximum Gasteiger partial charge on any atom is 0.152 e. The van der Waals surface area contributed by atoms with E-state index in [0.29, 0.717) is 0 Å². The van der Waals surface area contributed by atoms with E-state index < -0.39 is 0 Å². The minimum absolute atomic E-state index is 0.360. The molecule has 2 nitrogen and oxygen atoms in total. The molecule has 15 heavy (non-hydrogen) atoms. The minimum atomic E-state index is -0.368. The van der Waals surface area contributed by atoms with Crippen molar-refractivity contribution in [3.63, 3.8) is 0 Å². The largest absolute Gasteiger partial charge is 0.299 e. The van der Waals surface area contributed by atoms with Crippen LogP contribution in [0.3, 0.4) is 0 Å². The molecule has 0 radical (unpaired) electrons. The maximum absolute atomic E-state index is 5.77. The van der Waals surface area contributed by atoms with E-state index in [2.05, 4.69) is 53.2 Å². The highest BCUT2D eigenvalue weighted by Gasteiger charge is 2.33. The quantitative estimate of drug-likeness (QED) is 0.385. The molecule has 0 heterocycles. The average molecular weight is 270 g/mol. The Bertz CT molecular complexity index is 160. The van der Waals surface area contributed by atoms with Crippen molar-refractivity contribution in [3.8, 4) is 0 Å². The summed E-state index contributed by atoms with van der Waals surface area (Å²) in [4.78, 5) is -0.728. The van der Waals surface area contributed by atoms with Gasteiger partial charge in [-0.15, -0.1) is 12.6 Å². The third kappa shape index (κ3) is 4.77. The highest BCUT2D eigenvalue weighted by molar-refractivity contribution is 7.97. The number of hydrogen-bond donors (Lipinski definition) is 2. The van der Waals surface area contributed by atoms with Crippen LogP contribution >= 0.6 is 37.6 Å². The summed E-state index contributed by atoms with van der Waals surface area (Å²) in [6.45, 7) is 8.26. The van der Waals surface area contributed by atoms with Gasteiger partial charge < -0.3 is 0 Å². The fraction of sp³-hybridized carbons (Fsp3) is 1.00. The van der Waals surface area contributed by atoms with Gasteiger partial charge in [0.05, 0.1) is 0 Å². The summed E-state index contributed by atoms with van der Waals surface area (Å²) < 4.78 is 11.0. The molecule has 0 aliphatic carbocycles. The normalized spacial score (nSPS) is 13.2. The fourth-order valence-electron chi connectivity index (χ4n) is 1.03. The van der Waals surface area contributed by atoms with Crippen LogP contribution in [0.2, 0.25) is 0 Å². The van der Waals surface area contributed by atoms with E-state index >= 15 is 0 Å². The van der Waals surface area contributed by atoms with Gasteiger partial charge in [-0.25, -0.2) is 0 Å². The predicted molar refractivity (Wildman–Crippen MR) is 74.4 cm³/mol. The van der Waals surface area contributed by atoms with Crippen LogP contribution < -0.4 is 0 Å². The second-order valence-corrected chi connectivity index (χ2v) is 5.60. The molecule has 0 N–H and O–H groups in total. The lowest BCUT2D eigenvalue weighted by Crippen LogP contribution is -2.28. The van der Waals surface area contributed by atoms with E-state index in [9.17, 15) is 0 Å². The molecule has 0 saturated carbocycles. The van der Waals surface area contributed by atoms with Crippen molar-refractivity contribution in [2.24, 2.45) is 0 Å². The van der Waals surface area contributed by atoms with Crippen LogP contribution in [-0.4, -0.2) is 9.87 Å². The number of thiol groups is 2. The third-order valence-electron chi connectivity index (χ3n) is 2.70. The monoisotopic (exact) mass is 270 g/mol. The van der Waals surface area contributed by atoms with Crippen molar-refractivity contribution < 1.29 is 8.37 Å². The first-order valence-corrected chi connectivity index (χ1v) is 6.98. The van der Waals surface area contributed by atoms with Crippen LogP contribution in [0.25, 0.3) is 0 Å². The Morgan fingerprint density at radius 1 is 1.00 bits per heavy atom. The van der Waals surface area contributed by atoms with Gasteiger partial charge in [0.2, 0.25) is 0 Å². The van der Waals surface area contributed by atoms with Gasteiger partial charge in [0.25, 0.3) is 0 Å². The second-order valence-electron chi connectivity index (χ2n) is 3.53. The van der Waals surface area contributed by atoms with Crippen molar-refractivity contribution in [1.82, 2.24) is 0 Å². The first-order valence-electron chi connectivity index (χ1n) is 5.43. The zero-order valence-corrected chi connectivity index (χ0v) is 12.6. The summed E-state index contributed by atoms with van der Waals surface area (Å²) in [6, 6.07) is 0. The van der Waals surface area contributed by atoms with Crippen LogP contribution in [-0.2, 0) is 8.37 Å². The van der Waals surface area contributed by atoms with Gasteiger partial charge in [-0.1, -0.05) is 27.7 Å². The molecule has 0 amide bonds. The van der Waals surface area contributed by atoms with E-state index in [0.717, 1.165) is 25.7 Å². The lowest BCUT2D eigenvalue weighted by molar-refractivity contribution is 0.145. The zero-order valence-electron chi connectivity index (χ0n) is 9.95. The Balaban J connectivity index is 4.32. The molecule has 5 heteroatoms. The first kappa shape index (κ1) is 16.0. The highest BCUT2D eigenvalue weighted by atomic mass is 32.2. The average Bonchev–Trinajstić information content (AvgIpc) is 2.31. The Kier molecular flexibility index (Phi) is 7.80. The van der Waals surface area contributed by atoms with E-state index in [1.165, 1.54) is 12.0 Å². The van der Waals surface area contributed by atoms with Crippen LogP contribution in [0.15, 0.2) is 0 Å². The standard InChI is InChI=1S/C10H22O2S3/c1-5-9(13,6-2)12-15-10(7-3,8-4)11-14/h13-14H,5-8H2,1-4H3. The van der Waals surface area contributed by atoms with E-state index in [-0.39, 0.29) is 9.87 Å². The first-order chi connectivity index (χ1) is 7.01. The number of hydrogen-bond acceptors (Lipinski definition) is 5. The summed E-state index contributed by atoms with van der Waals surface area (Å²) >= 11 is 9.80. The Morgan fingerprint density at radius 3 is 1.73 bits per heavy atom. The topological polar surface area (TPSA) is 18.5 Å². The molecule has 0 fully saturated rings. The maximum atomic E-state index is 5.77. The van der Waals surface area contributed by atoms with Gasteiger partial charge in [-0.2, -0.15) is 0 Å². The molecule has 0 aromatic heterocycles. The van der Waals surface area contributed by atoms with E-state index in [4.69, 9.17) is 8.37 Å². The fourth-order valence-corrected chi connectivity index (χ4v) is 2.30. The molecule has 0 aromatic rings. The van der Waals surface area contributed by atoms with Crippen molar-refractivity contribution >= 4 is 37.6 Å². The van der Waals surface area contributed by atoms with Gasteiger partial charge in [-0.3, -0.25) is 8.37 Å². The molecule has 92 valence electrons.